The standard InChI is InChI=1S/C20H20N2O5/c1-27-17-10-6-5-9-15(17)19(25)22-16(13-14-7-3-2-4-8-14)20(26)21-12-11-18(23)24/h2-10,13H,11-12H2,1H3,(H,21,26)(H,22,25)(H,23,24)/b16-13-. The van der Waals surface area contributed by atoms with Crippen LogP contribution in [-0.2, 0) is 9.59 Å². The van der Waals surface area contributed by atoms with E-state index in [1.807, 2.05) is 6.07 Å². The van der Waals surface area contributed by atoms with Crippen LogP contribution in [0.15, 0.2) is 60.3 Å². The van der Waals surface area contributed by atoms with Crippen LogP contribution < -0.4 is 15.4 Å². The van der Waals surface area contributed by atoms with Gasteiger partial charge in [-0.05, 0) is 23.8 Å². The SMILES string of the molecule is COc1ccccc1C(=O)N/C(=C\c1ccccc1)C(=O)NCCC(=O)O. The van der Waals surface area contributed by atoms with Crippen molar-refractivity contribution >= 4 is 23.9 Å². The molecule has 0 radical (unpaired) electrons. The number of aliphatic carboxylic acids is 1. The lowest BCUT2D eigenvalue weighted by molar-refractivity contribution is -0.136. The molecular formula is C20H20N2O5. The van der Waals surface area contributed by atoms with Crippen LogP contribution >= 0.6 is 0 Å². The van der Waals surface area contributed by atoms with E-state index >= 15 is 0 Å². The number of carbonyl (C=O) groups is 3. The smallest absolute Gasteiger partial charge is 0.305 e. The molecule has 2 aromatic carbocycles. The molecule has 0 aliphatic carbocycles. The number of hydrogen-bond donors (Lipinski definition) is 3. The molecule has 0 bridgehead atoms. The van der Waals surface area contributed by atoms with Gasteiger partial charge in [0.05, 0.1) is 19.1 Å². The Bertz CT molecular complexity index is 846. The van der Waals surface area contributed by atoms with Gasteiger partial charge in [0.15, 0.2) is 0 Å². The molecule has 3 N–H and O–H groups in total. The Morgan fingerprint density at radius 2 is 1.70 bits per heavy atom. The average Bonchev–Trinajstić information content (AvgIpc) is 2.67. The molecule has 0 spiro atoms. The zero-order valence-electron chi connectivity index (χ0n) is 14.8. The van der Waals surface area contributed by atoms with Crippen molar-refractivity contribution in [2.24, 2.45) is 0 Å². The Balaban J connectivity index is 2.24. The van der Waals surface area contributed by atoms with Crippen molar-refractivity contribution in [1.82, 2.24) is 10.6 Å². The number of carbonyl (C=O) groups excluding carboxylic acids is 2. The molecule has 0 heterocycles. The molecule has 0 unspecified atom stereocenters. The number of benzene rings is 2. The lowest BCUT2D eigenvalue weighted by atomic mass is 10.1. The highest BCUT2D eigenvalue weighted by Crippen LogP contribution is 2.17. The van der Waals surface area contributed by atoms with Gasteiger partial charge in [0, 0.05) is 6.54 Å². The molecule has 7 heteroatoms. The normalized spacial score (nSPS) is 10.8. The number of nitrogens with one attached hydrogen (secondary N) is 2. The Hall–Kier alpha value is -3.61. The van der Waals surface area contributed by atoms with E-state index in [1.165, 1.54) is 13.2 Å². The number of ether oxygens (including phenoxy) is 1. The minimum absolute atomic E-state index is 0.00231. The van der Waals surface area contributed by atoms with E-state index in [9.17, 15) is 14.4 Å². The lowest BCUT2D eigenvalue weighted by Crippen LogP contribution is -2.35. The van der Waals surface area contributed by atoms with Crippen LogP contribution in [0.25, 0.3) is 6.08 Å². The van der Waals surface area contributed by atoms with Crippen molar-refractivity contribution in [2.45, 2.75) is 6.42 Å². The minimum atomic E-state index is -1.03. The van der Waals surface area contributed by atoms with Crippen LogP contribution in [0.1, 0.15) is 22.3 Å². The summed E-state index contributed by atoms with van der Waals surface area (Å²) in [6.45, 7) is -0.0508. The minimum Gasteiger partial charge on any atom is -0.496 e. The van der Waals surface area contributed by atoms with Gasteiger partial charge in [-0.25, -0.2) is 0 Å². The highest BCUT2D eigenvalue weighted by Gasteiger charge is 2.17. The Morgan fingerprint density at radius 1 is 1.04 bits per heavy atom. The molecule has 140 valence electrons. The number of carboxylic acids is 1. The molecule has 0 saturated carbocycles. The number of carboxylic acid groups (broad SMARTS) is 1. The fourth-order valence-electron chi connectivity index (χ4n) is 2.27. The summed E-state index contributed by atoms with van der Waals surface area (Å²) in [6.07, 6.45) is 1.30. The second-order valence-electron chi connectivity index (χ2n) is 5.52. The highest BCUT2D eigenvalue weighted by atomic mass is 16.5. The Morgan fingerprint density at radius 3 is 2.37 bits per heavy atom. The number of methoxy groups -OCH3 is 1. The van der Waals surface area contributed by atoms with E-state index in [0.717, 1.165) is 0 Å². The van der Waals surface area contributed by atoms with Crippen molar-refractivity contribution in [3.63, 3.8) is 0 Å². The molecular weight excluding hydrogens is 348 g/mol. The lowest BCUT2D eigenvalue weighted by Gasteiger charge is -2.12. The van der Waals surface area contributed by atoms with E-state index in [2.05, 4.69) is 10.6 Å². The van der Waals surface area contributed by atoms with Crippen LogP contribution in [0.3, 0.4) is 0 Å². The summed E-state index contributed by atoms with van der Waals surface area (Å²) >= 11 is 0. The molecule has 0 aromatic heterocycles. The molecule has 27 heavy (non-hydrogen) atoms. The molecule has 7 nitrogen and oxygen atoms in total. The third-order valence-corrected chi connectivity index (χ3v) is 3.58. The molecule has 0 fully saturated rings. The predicted octanol–water partition coefficient (Wildman–Crippen LogP) is 2.06. The molecule has 0 aliphatic rings. The van der Waals surface area contributed by atoms with Gasteiger partial charge in [-0.15, -0.1) is 0 Å². The predicted molar refractivity (Wildman–Crippen MR) is 100 cm³/mol. The summed E-state index contributed by atoms with van der Waals surface area (Å²) in [4.78, 5) is 35.7. The van der Waals surface area contributed by atoms with Crippen molar-refractivity contribution in [3.05, 3.63) is 71.4 Å². The van der Waals surface area contributed by atoms with Gasteiger partial charge in [0.1, 0.15) is 11.4 Å². The van der Waals surface area contributed by atoms with E-state index in [0.29, 0.717) is 11.3 Å². The zero-order chi connectivity index (χ0) is 19.6. The highest BCUT2D eigenvalue weighted by molar-refractivity contribution is 6.06. The van der Waals surface area contributed by atoms with Gasteiger partial charge < -0.3 is 20.5 Å². The van der Waals surface area contributed by atoms with Crippen LogP contribution in [0.4, 0.5) is 0 Å². The molecule has 0 saturated heterocycles. The molecule has 0 aliphatic heterocycles. The Kier molecular flexibility index (Phi) is 7.13. The van der Waals surface area contributed by atoms with Crippen LogP contribution in [0, 0.1) is 0 Å². The van der Waals surface area contributed by atoms with Gasteiger partial charge in [-0.2, -0.15) is 0 Å². The van der Waals surface area contributed by atoms with Gasteiger partial charge in [0.25, 0.3) is 11.8 Å². The first-order chi connectivity index (χ1) is 13.0. The first-order valence-electron chi connectivity index (χ1n) is 8.22. The number of hydrogen-bond acceptors (Lipinski definition) is 4. The number of rotatable bonds is 8. The van der Waals surface area contributed by atoms with Crippen molar-refractivity contribution in [2.75, 3.05) is 13.7 Å². The quantitative estimate of drug-likeness (QED) is 0.619. The van der Waals surface area contributed by atoms with Crippen molar-refractivity contribution in [1.29, 1.82) is 0 Å². The maximum absolute atomic E-state index is 12.6. The maximum Gasteiger partial charge on any atom is 0.305 e. The summed E-state index contributed by atoms with van der Waals surface area (Å²) in [6, 6.07) is 15.6. The van der Waals surface area contributed by atoms with Gasteiger partial charge >= 0.3 is 5.97 Å². The topological polar surface area (TPSA) is 105 Å². The van der Waals surface area contributed by atoms with Gasteiger partial charge in [0.2, 0.25) is 0 Å². The molecule has 2 aromatic rings. The third-order valence-electron chi connectivity index (χ3n) is 3.58. The summed E-state index contributed by atoms with van der Waals surface area (Å²) < 4.78 is 5.17. The Labute approximate surface area is 156 Å². The summed E-state index contributed by atoms with van der Waals surface area (Å²) in [5.74, 6) is -1.74. The summed E-state index contributed by atoms with van der Waals surface area (Å²) in [7, 11) is 1.45. The first-order valence-corrected chi connectivity index (χ1v) is 8.22. The molecule has 2 amide bonds. The van der Waals surface area contributed by atoms with Crippen LogP contribution in [0.2, 0.25) is 0 Å². The average molecular weight is 368 g/mol. The maximum atomic E-state index is 12.6. The molecule has 2 rings (SSSR count). The summed E-state index contributed by atoms with van der Waals surface area (Å²) in [5, 5.41) is 13.8. The fourth-order valence-corrected chi connectivity index (χ4v) is 2.27. The third kappa shape index (κ3) is 6.00. The second-order valence-corrected chi connectivity index (χ2v) is 5.52. The summed E-state index contributed by atoms with van der Waals surface area (Å²) in [5.41, 5.74) is 0.987. The van der Waals surface area contributed by atoms with Crippen LogP contribution in [0.5, 0.6) is 5.75 Å². The first kappa shape index (κ1) is 19.7. The number of amides is 2. The van der Waals surface area contributed by atoms with Crippen molar-refractivity contribution < 1.29 is 24.2 Å². The monoisotopic (exact) mass is 368 g/mol. The number of para-hydroxylation sites is 1. The van der Waals surface area contributed by atoms with Gasteiger partial charge in [-0.1, -0.05) is 42.5 Å². The van der Waals surface area contributed by atoms with E-state index < -0.39 is 17.8 Å². The van der Waals surface area contributed by atoms with E-state index in [-0.39, 0.29) is 24.2 Å². The zero-order valence-corrected chi connectivity index (χ0v) is 14.8. The van der Waals surface area contributed by atoms with Gasteiger partial charge in [-0.3, -0.25) is 14.4 Å². The van der Waals surface area contributed by atoms with Crippen molar-refractivity contribution in [3.8, 4) is 5.75 Å². The van der Waals surface area contributed by atoms with E-state index in [4.69, 9.17) is 9.84 Å². The molecule has 0 atom stereocenters. The second kappa shape index (κ2) is 9.76. The van der Waals surface area contributed by atoms with E-state index in [1.54, 1.807) is 48.5 Å². The largest absolute Gasteiger partial charge is 0.496 e. The van der Waals surface area contributed by atoms with Crippen LogP contribution in [-0.4, -0.2) is 36.5 Å². The fraction of sp³-hybridized carbons (Fsp3) is 0.150.